The molecular formula is C12H15ClN2. The van der Waals surface area contributed by atoms with Gasteiger partial charge in [0, 0.05) is 17.7 Å². The Balaban J connectivity index is 3.21. The van der Waals surface area contributed by atoms with E-state index in [1.54, 1.807) is 4.68 Å². The van der Waals surface area contributed by atoms with E-state index in [0.717, 1.165) is 17.0 Å². The Morgan fingerprint density at radius 2 is 2.27 bits per heavy atom. The molecule has 1 aromatic rings. The van der Waals surface area contributed by atoms with Crippen molar-refractivity contribution in [1.82, 2.24) is 9.78 Å². The molecule has 0 aliphatic heterocycles. The maximum atomic E-state index is 5.96. The molecule has 80 valence electrons. The molecule has 0 bridgehead atoms. The van der Waals surface area contributed by atoms with Crippen LogP contribution in [0.2, 0.25) is 0 Å². The minimum Gasteiger partial charge on any atom is -0.268 e. The fraction of sp³-hybridized carbons (Fsp3) is 0.250. The number of halogens is 1. The molecule has 0 aliphatic rings. The summed E-state index contributed by atoms with van der Waals surface area (Å²) in [6.07, 6.45) is 5.82. The largest absolute Gasteiger partial charge is 0.268 e. The first kappa shape index (κ1) is 11.8. The quantitative estimate of drug-likeness (QED) is 0.717. The van der Waals surface area contributed by atoms with Crippen LogP contribution in [0.3, 0.4) is 0 Å². The Hall–Kier alpha value is -1.28. The van der Waals surface area contributed by atoms with Crippen LogP contribution in [0.25, 0.3) is 5.57 Å². The van der Waals surface area contributed by atoms with Gasteiger partial charge >= 0.3 is 0 Å². The van der Waals surface area contributed by atoms with Crippen LogP contribution < -0.4 is 0 Å². The SMILES string of the molecule is C=C(Cl)/C(=C\C=C/C)c1cc(C)nn1C. The summed E-state index contributed by atoms with van der Waals surface area (Å²) in [5.74, 6) is 0. The highest BCUT2D eigenvalue weighted by molar-refractivity contribution is 6.36. The fourth-order valence-corrected chi connectivity index (χ4v) is 1.53. The summed E-state index contributed by atoms with van der Waals surface area (Å²) in [7, 11) is 1.89. The lowest BCUT2D eigenvalue weighted by molar-refractivity contribution is 0.747. The first-order chi connectivity index (χ1) is 7.06. The molecule has 0 aromatic carbocycles. The minimum absolute atomic E-state index is 0.524. The summed E-state index contributed by atoms with van der Waals surface area (Å²) < 4.78 is 1.80. The highest BCUT2D eigenvalue weighted by Gasteiger charge is 2.08. The topological polar surface area (TPSA) is 17.8 Å². The van der Waals surface area contributed by atoms with Crippen LogP contribution in [0.1, 0.15) is 18.3 Å². The Morgan fingerprint density at radius 1 is 1.60 bits per heavy atom. The molecule has 0 radical (unpaired) electrons. The molecule has 0 fully saturated rings. The lowest BCUT2D eigenvalue weighted by Gasteiger charge is -2.04. The molecule has 2 nitrogen and oxygen atoms in total. The molecule has 0 N–H and O–H groups in total. The molecule has 1 rings (SSSR count). The van der Waals surface area contributed by atoms with Crippen LogP contribution in [0, 0.1) is 6.92 Å². The molecular weight excluding hydrogens is 208 g/mol. The van der Waals surface area contributed by atoms with Gasteiger partial charge in [0.1, 0.15) is 0 Å². The predicted molar refractivity (Wildman–Crippen MR) is 65.7 cm³/mol. The van der Waals surface area contributed by atoms with Gasteiger partial charge in [-0.1, -0.05) is 36.4 Å². The van der Waals surface area contributed by atoms with Gasteiger partial charge in [0.2, 0.25) is 0 Å². The molecule has 0 spiro atoms. The minimum atomic E-state index is 0.524. The first-order valence-corrected chi connectivity index (χ1v) is 5.12. The van der Waals surface area contributed by atoms with E-state index in [0.29, 0.717) is 5.03 Å². The summed E-state index contributed by atoms with van der Waals surface area (Å²) in [6.45, 7) is 7.67. The van der Waals surface area contributed by atoms with Gasteiger partial charge in [0.15, 0.2) is 0 Å². The second kappa shape index (κ2) is 4.99. The van der Waals surface area contributed by atoms with E-state index in [-0.39, 0.29) is 0 Å². The molecule has 0 atom stereocenters. The van der Waals surface area contributed by atoms with Gasteiger partial charge in [-0.3, -0.25) is 4.68 Å². The standard InChI is InChI=1S/C12H15ClN2/c1-5-6-7-11(10(3)13)12-8-9(2)14-15(12)4/h5-8H,3H2,1-2,4H3/b6-5-,11-7+. The average molecular weight is 223 g/mol. The lowest BCUT2D eigenvalue weighted by atomic mass is 10.1. The van der Waals surface area contributed by atoms with Crippen molar-refractivity contribution in [2.45, 2.75) is 13.8 Å². The second-order valence-corrected chi connectivity index (χ2v) is 3.76. The molecule has 1 heterocycles. The first-order valence-electron chi connectivity index (χ1n) is 4.75. The molecule has 0 aliphatic carbocycles. The van der Waals surface area contributed by atoms with Crippen LogP contribution >= 0.6 is 11.6 Å². The van der Waals surface area contributed by atoms with Crippen LogP contribution in [-0.4, -0.2) is 9.78 Å². The number of rotatable bonds is 3. The van der Waals surface area contributed by atoms with E-state index in [1.165, 1.54) is 0 Å². The molecule has 0 amide bonds. The van der Waals surface area contributed by atoms with Gasteiger partial charge in [-0.25, -0.2) is 0 Å². The van der Waals surface area contributed by atoms with Crippen molar-refractivity contribution in [2.75, 3.05) is 0 Å². The van der Waals surface area contributed by atoms with Gasteiger partial charge in [0.05, 0.1) is 11.4 Å². The summed E-state index contributed by atoms with van der Waals surface area (Å²) in [6, 6.07) is 1.99. The third-order valence-corrected chi connectivity index (χ3v) is 2.23. The van der Waals surface area contributed by atoms with E-state index < -0.39 is 0 Å². The van der Waals surface area contributed by atoms with Crippen molar-refractivity contribution in [3.05, 3.63) is 47.3 Å². The van der Waals surface area contributed by atoms with Crippen molar-refractivity contribution in [2.24, 2.45) is 7.05 Å². The van der Waals surface area contributed by atoms with Gasteiger partial charge in [-0.05, 0) is 19.9 Å². The number of hydrogen-bond donors (Lipinski definition) is 0. The van der Waals surface area contributed by atoms with Crippen LogP contribution in [0.5, 0.6) is 0 Å². The van der Waals surface area contributed by atoms with Crippen molar-refractivity contribution in [1.29, 1.82) is 0 Å². The maximum Gasteiger partial charge on any atom is 0.0696 e. The maximum absolute atomic E-state index is 5.96. The zero-order valence-corrected chi connectivity index (χ0v) is 10.0. The molecule has 0 unspecified atom stereocenters. The number of aryl methyl sites for hydroxylation is 2. The van der Waals surface area contributed by atoms with Crippen molar-refractivity contribution < 1.29 is 0 Å². The number of nitrogens with zero attached hydrogens (tertiary/aromatic N) is 2. The fourth-order valence-electron chi connectivity index (χ4n) is 1.37. The van der Waals surface area contributed by atoms with E-state index in [4.69, 9.17) is 11.6 Å². The number of hydrogen-bond acceptors (Lipinski definition) is 1. The molecule has 0 saturated heterocycles. The third-order valence-electron chi connectivity index (χ3n) is 2.03. The highest BCUT2D eigenvalue weighted by Crippen LogP contribution is 2.24. The van der Waals surface area contributed by atoms with Crippen molar-refractivity contribution in [3.8, 4) is 0 Å². The Morgan fingerprint density at radius 3 is 2.67 bits per heavy atom. The van der Waals surface area contributed by atoms with E-state index in [1.807, 2.05) is 45.2 Å². The monoisotopic (exact) mass is 222 g/mol. The van der Waals surface area contributed by atoms with Crippen molar-refractivity contribution >= 4 is 17.2 Å². The summed E-state index contributed by atoms with van der Waals surface area (Å²) in [5.41, 5.74) is 2.85. The Bertz CT molecular complexity index is 425. The molecule has 0 saturated carbocycles. The number of aromatic nitrogens is 2. The van der Waals surface area contributed by atoms with Gasteiger partial charge in [0.25, 0.3) is 0 Å². The normalized spacial score (nSPS) is 12.4. The van der Waals surface area contributed by atoms with Crippen molar-refractivity contribution in [3.63, 3.8) is 0 Å². The van der Waals surface area contributed by atoms with Crippen LogP contribution in [0.4, 0.5) is 0 Å². The average Bonchev–Trinajstić information content (AvgIpc) is 2.46. The predicted octanol–water partition coefficient (Wildman–Crippen LogP) is 3.44. The van der Waals surface area contributed by atoms with E-state index >= 15 is 0 Å². The summed E-state index contributed by atoms with van der Waals surface area (Å²) in [4.78, 5) is 0. The van der Waals surface area contributed by atoms with E-state index in [9.17, 15) is 0 Å². The smallest absolute Gasteiger partial charge is 0.0696 e. The molecule has 15 heavy (non-hydrogen) atoms. The zero-order valence-electron chi connectivity index (χ0n) is 9.29. The van der Waals surface area contributed by atoms with Crippen LogP contribution in [-0.2, 0) is 7.05 Å². The highest BCUT2D eigenvalue weighted by atomic mass is 35.5. The summed E-state index contributed by atoms with van der Waals surface area (Å²) >= 11 is 5.96. The lowest BCUT2D eigenvalue weighted by Crippen LogP contribution is -1.97. The van der Waals surface area contributed by atoms with E-state index in [2.05, 4.69) is 11.7 Å². The molecule has 1 aromatic heterocycles. The van der Waals surface area contributed by atoms with Gasteiger partial charge < -0.3 is 0 Å². The molecule has 3 heteroatoms. The van der Waals surface area contributed by atoms with Gasteiger partial charge in [-0.2, -0.15) is 5.10 Å². The van der Waals surface area contributed by atoms with Gasteiger partial charge in [-0.15, -0.1) is 0 Å². The third kappa shape index (κ3) is 2.83. The Kier molecular flexibility index (Phi) is 3.92. The second-order valence-electron chi connectivity index (χ2n) is 3.31. The summed E-state index contributed by atoms with van der Waals surface area (Å²) in [5, 5.41) is 4.80. The van der Waals surface area contributed by atoms with Crippen LogP contribution in [0.15, 0.2) is 35.9 Å². The number of allylic oxidation sites excluding steroid dienone is 5. The Labute approximate surface area is 95.6 Å². The zero-order chi connectivity index (χ0) is 11.4.